The van der Waals surface area contributed by atoms with Crippen LogP contribution in [-0.2, 0) is 9.53 Å². The van der Waals surface area contributed by atoms with Crippen LogP contribution in [0.25, 0.3) is 17.1 Å². The summed E-state index contributed by atoms with van der Waals surface area (Å²) < 4.78 is 12.5. The van der Waals surface area contributed by atoms with Gasteiger partial charge in [0.2, 0.25) is 5.91 Å². The van der Waals surface area contributed by atoms with Crippen LogP contribution in [0.3, 0.4) is 0 Å². The fourth-order valence-electron chi connectivity index (χ4n) is 2.77. The summed E-state index contributed by atoms with van der Waals surface area (Å²) in [4.78, 5) is 16.2. The maximum absolute atomic E-state index is 12.2. The SMILES string of the molecule is CCOc1ccc(-n2c(SCC(=O)NCCCOC)nnc2-c2ccncc2)cc1. The number of carbonyl (C=O) groups is 1. The van der Waals surface area contributed by atoms with Crippen molar-refractivity contribution in [3.8, 4) is 22.8 Å². The monoisotopic (exact) mass is 427 g/mol. The number of rotatable bonds is 11. The Labute approximate surface area is 180 Å². The maximum Gasteiger partial charge on any atom is 0.230 e. The number of methoxy groups -OCH3 is 1. The lowest BCUT2D eigenvalue weighted by Gasteiger charge is -2.11. The summed E-state index contributed by atoms with van der Waals surface area (Å²) in [7, 11) is 1.64. The largest absolute Gasteiger partial charge is 0.494 e. The Hall–Kier alpha value is -2.91. The van der Waals surface area contributed by atoms with E-state index >= 15 is 0 Å². The van der Waals surface area contributed by atoms with Crippen molar-refractivity contribution in [2.45, 2.75) is 18.5 Å². The number of ether oxygens (including phenoxy) is 2. The Morgan fingerprint density at radius 2 is 1.90 bits per heavy atom. The second-order valence-corrected chi connectivity index (χ2v) is 7.23. The van der Waals surface area contributed by atoms with Crippen LogP contribution in [0.2, 0.25) is 0 Å². The molecule has 8 nitrogen and oxygen atoms in total. The van der Waals surface area contributed by atoms with E-state index in [1.54, 1.807) is 19.5 Å². The fraction of sp³-hybridized carbons (Fsp3) is 0.333. The van der Waals surface area contributed by atoms with Gasteiger partial charge >= 0.3 is 0 Å². The molecule has 0 unspecified atom stereocenters. The van der Waals surface area contributed by atoms with Gasteiger partial charge in [-0.25, -0.2) is 0 Å². The van der Waals surface area contributed by atoms with Crippen LogP contribution in [0.1, 0.15) is 13.3 Å². The van der Waals surface area contributed by atoms with Crippen molar-refractivity contribution in [3.63, 3.8) is 0 Å². The summed E-state index contributed by atoms with van der Waals surface area (Å²) in [5.74, 6) is 1.68. The Morgan fingerprint density at radius 3 is 2.60 bits per heavy atom. The second kappa shape index (κ2) is 11.3. The Balaban J connectivity index is 1.81. The zero-order valence-corrected chi connectivity index (χ0v) is 17.9. The van der Waals surface area contributed by atoms with E-state index in [0.717, 1.165) is 23.4 Å². The highest BCUT2D eigenvalue weighted by molar-refractivity contribution is 7.99. The van der Waals surface area contributed by atoms with Gasteiger partial charge < -0.3 is 14.8 Å². The third-order valence-electron chi connectivity index (χ3n) is 4.16. The molecule has 1 aromatic carbocycles. The molecule has 0 bridgehead atoms. The molecule has 0 aliphatic carbocycles. The zero-order chi connectivity index (χ0) is 21.2. The van der Waals surface area contributed by atoms with Crippen molar-refractivity contribution in [1.82, 2.24) is 25.1 Å². The summed E-state index contributed by atoms with van der Waals surface area (Å²) in [5, 5.41) is 12.2. The van der Waals surface area contributed by atoms with Gasteiger partial charge in [-0.15, -0.1) is 10.2 Å². The molecule has 0 radical (unpaired) electrons. The van der Waals surface area contributed by atoms with E-state index in [2.05, 4.69) is 20.5 Å². The van der Waals surface area contributed by atoms with Crippen molar-refractivity contribution in [1.29, 1.82) is 0 Å². The number of pyridine rings is 1. The summed E-state index contributed by atoms with van der Waals surface area (Å²) in [6.45, 7) is 3.76. The molecule has 0 fully saturated rings. The number of benzene rings is 1. The van der Waals surface area contributed by atoms with Crippen LogP contribution in [-0.4, -0.2) is 58.3 Å². The average molecular weight is 428 g/mol. The summed E-state index contributed by atoms with van der Waals surface area (Å²) in [6, 6.07) is 11.5. The van der Waals surface area contributed by atoms with Gasteiger partial charge in [0.1, 0.15) is 5.75 Å². The van der Waals surface area contributed by atoms with E-state index in [9.17, 15) is 4.79 Å². The molecule has 2 aromatic heterocycles. The normalized spacial score (nSPS) is 10.7. The molecule has 158 valence electrons. The molecule has 1 N–H and O–H groups in total. The fourth-order valence-corrected chi connectivity index (χ4v) is 3.55. The average Bonchev–Trinajstić information content (AvgIpc) is 3.21. The minimum Gasteiger partial charge on any atom is -0.494 e. The number of nitrogens with zero attached hydrogens (tertiary/aromatic N) is 4. The highest BCUT2D eigenvalue weighted by Gasteiger charge is 2.17. The van der Waals surface area contributed by atoms with Gasteiger partial charge in [0.25, 0.3) is 0 Å². The Morgan fingerprint density at radius 1 is 1.13 bits per heavy atom. The molecule has 0 atom stereocenters. The molecule has 0 spiro atoms. The first kappa shape index (κ1) is 21.8. The molecular formula is C21H25N5O3S. The van der Waals surface area contributed by atoms with E-state index in [0.29, 0.717) is 30.7 Å². The van der Waals surface area contributed by atoms with Crippen LogP contribution in [0, 0.1) is 0 Å². The molecule has 0 aliphatic rings. The minimum absolute atomic E-state index is 0.0530. The van der Waals surface area contributed by atoms with Gasteiger partial charge in [-0.3, -0.25) is 14.3 Å². The molecule has 0 aliphatic heterocycles. The van der Waals surface area contributed by atoms with Crippen molar-refractivity contribution < 1.29 is 14.3 Å². The molecule has 0 saturated heterocycles. The van der Waals surface area contributed by atoms with E-state index in [1.807, 2.05) is 47.9 Å². The van der Waals surface area contributed by atoms with Crippen molar-refractivity contribution in [3.05, 3.63) is 48.8 Å². The topological polar surface area (TPSA) is 91.2 Å². The predicted molar refractivity (Wildman–Crippen MR) is 116 cm³/mol. The number of amides is 1. The third-order valence-corrected chi connectivity index (χ3v) is 5.09. The molecule has 3 aromatic rings. The smallest absolute Gasteiger partial charge is 0.230 e. The van der Waals surface area contributed by atoms with E-state index < -0.39 is 0 Å². The molecule has 9 heteroatoms. The van der Waals surface area contributed by atoms with Crippen molar-refractivity contribution in [2.24, 2.45) is 0 Å². The minimum atomic E-state index is -0.0530. The summed E-state index contributed by atoms with van der Waals surface area (Å²) in [6.07, 6.45) is 4.21. The van der Waals surface area contributed by atoms with Gasteiger partial charge in [0.05, 0.1) is 12.4 Å². The van der Waals surface area contributed by atoms with E-state index in [4.69, 9.17) is 9.47 Å². The lowest BCUT2D eigenvalue weighted by atomic mass is 10.2. The molecular weight excluding hydrogens is 402 g/mol. The predicted octanol–water partition coefficient (Wildman–Crippen LogP) is 2.97. The van der Waals surface area contributed by atoms with Gasteiger partial charge in [-0.2, -0.15) is 0 Å². The van der Waals surface area contributed by atoms with Crippen LogP contribution in [0.15, 0.2) is 53.9 Å². The molecule has 2 heterocycles. The van der Waals surface area contributed by atoms with Gasteiger partial charge in [-0.1, -0.05) is 11.8 Å². The molecule has 0 saturated carbocycles. The number of aromatic nitrogens is 4. The highest BCUT2D eigenvalue weighted by Crippen LogP contribution is 2.28. The Bertz CT molecular complexity index is 932. The zero-order valence-electron chi connectivity index (χ0n) is 17.1. The number of hydrogen-bond acceptors (Lipinski definition) is 7. The van der Waals surface area contributed by atoms with Crippen LogP contribution >= 0.6 is 11.8 Å². The molecule has 1 amide bonds. The summed E-state index contributed by atoms with van der Waals surface area (Å²) in [5.41, 5.74) is 1.78. The van der Waals surface area contributed by atoms with Gasteiger partial charge in [0.15, 0.2) is 11.0 Å². The number of carbonyl (C=O) groups excluding carboxylic acids is 1. The van der Waals surface area contributed by atoms with E-state index in [1.165, 1.54) is 11.8 Å². The quantitative estimate of drug-likeness (QED) is 0.372. The number of thioether (sulfide) groups is 1. The van der Waals surface area contributed by atoms with Gasteiger partial charge in [-0.05, 0) is 49.7 Å². The first-order valence-corrected chi connectivity index (χ1v) is 10.7. The Kier molecular flexibility index (Phi) is 8.22. The first-order chi connectivity index (χ1) is 14.7. The second-order valence-electron chi connectivity index (χ2n) is 6.29. The van der Waals surface area contributed by atoms with Crippen molar-refractivity contribution in [2.75, 3.05) is 32.6 Å². The van der Waals surface area contributed by atoms with Crippen molar-refractivity contribution >= 4 is 17.7 Å². The standard InChI is InChI=1S/C21H25N5O3S/c1-3-29-18-7-5-17(6-8-18)26-20(16-9-12-22-13-10-16)24-25-21(26)30-15-19(27)23-11-4-14-28-2/h5-10,12-13H,3-4,11,14-15H2,1-2H3,(H,23,27). The maximum atomic E-state index is 12.2. The lowest BCUT2D eigenvalue weighted by Crippen LogP contribution is -2.26. The first-order valence-electron chi connectivity index (χ1n) is 9.70. The highest BCUT2D eigenvalue weighted by atomic mass is 32.2. The number of nitrogens with one attached hydrogen (secondary N) is 1. The number of hydrogen-bond donors (Lipinski definition) is 1. The lowest BCUT2D eigenvalue weighted by molar-refractivity contribution is -0.118. The van der Waals surface area contributed by atoms with E-state index in [-0.39, 0.29) is 11.7 Å². The summed E-state index contributed by atoms with van der Waals surface area (Å²) >= 11 is 1.34. The van der Waals surface area contributed by atoms with Crippen LogP contribution < -0.4 is 10.1 Å². The third kappa shape index (κ3) is 5.80. The van der Waals surface area contributed by atoms with Gasteiger partial charge in [0, 0.05) is 43.9 Å². The molecule has 30 heavy (non-hydrogen) atoms. The molecule has 3 rings (SSSR count). The van der Waals surface area contributed by atoms with Crippen LogP contribution in [0.4, 0.5) is 0 Å². The van der Waals surface area contributed by atoms with Crippen LogP contribution in [0.5, 0.6) is 5.75 Å².